The lowest BCUT2D eigenvalue weighted by Crippen LogP contribution is -2.10. The Morgan fingerprint density at radius 1 is 0.947 bits per heavy atom. The number of benzene rings is 1. The number of phosphoric ester groups is 1. The summed E-state index contributed by atoms with van der Waals surface area (Å²) in [6, 6.07) is 3.94. The Bertz CT molecular complexity index is 485. The van der Waals surface area contributed by atoms with E-state index in [1.807, 2.05) is 0 Å². The predicted octanol–water partition coefficient (Wildman–Crippen LogP) is 4.81. The minimum absolute atomic E-state index is 0.162. The lowest BCUT2D eigenvalue weighted by molar-refractivity contribution is 0.281. The Morgan fingerprint density at radius 3 is 1.58 bits per heavy atom. The van der Waals surface area contributed by atoms with Crippen LogP contribution >= 0.6 is 77.4 Å². The zero-order chi connectivity index (χ0) is 15.1. The number of rotatable bonds is 2. The largest absolute Gasteiger partial charge is 0.524 e. The van der Waals surface area contributed by atoms with Crippen LogP contribution < -0.4 is 4.52 Å². The molecular weight excluding hydrogens is 404 g/mol. The predicted molar refractivity (Wildman–Crippen MR) is 77.6 cm³/mol. The zero-order valence-electron chi connectivity index (χ0n) is 8.66. The van der Waals surface area contributed by atoms with E-state index in [-0.39, 0.29) is 11.1 Å². The average molecular weight is 409 g/mol. The Kier molecular flexibility index (Phi) is 5.63. The second-order valence-electron chi connectivity index (χ2n) is 3.26. The van der Waals surface area contributed by atoms with Gasteiger partial charge in [-0.05, 0) is 0 Å². The molecule has 0 saturated carbocycles. The van der Waals surface area contributed by atoms with E-state index in [0.717, 1.165) is 0 Å². The molecule has 2 N–H and O–H groups in total. The highest BCUT2D eigenvalue weighted by Crippen LogP contribution is 2.53. The van der Waals surface area contributed by atoms with Crippen molar-refractivity contribution in [1.82, 2.24) is 0 Å². The van der Waals surface area contributed by atoms with Crippen molar-refractivity contribution in [3.63, 3.8) is 0 Å². The summed E-state index contributed by atoms with van der Waals surface area (Å²) in [4.78, 5) is 17.8. The SMILES string of the molecule is O=P(O)(O)Oc1c(C(Cl)(Cl)Cl)cccc1C(Cl)(Cl)Cl. The molecule has 1 aromatic carbocycles. The van der Waals surface area contributed by atoms with Crippen LogP contribution in [-0.2, 0) is 12.2 Å². The molecule has 1 rings (SSSR count). The third-order valence-corrected chi connectivity index (χ3v) is 3.48. The average Bonchev–Trinajstić information content (AvgIpc) is 2.11. The smallest absolute Gasteiger partial charge is 0.403 e. The minimum Gasteiger partial charge on any atom is -0.403 e. The van der Waals surface area contributed by atoms with Crippen molar-refractivity contribution in [2.24, 2.45) is 0 Å². The minimum atomic E-state index is -4.93. The summed E-state index contributed by atoms with van der Waals surface area (Å²) < 4.78 is 11.4. The number of hydrogen-bond acceptors (Lipinski definition) is 2. The first-order chi connectivity index (χ1) is 8.32. The standard InChI is InChI=1S/C8H5Cl6O4P/c9-7(10,11)4-2-1-3-5(8(12,13)14)6(4)18-19(15,16)17/h1-3H,(H2,15,16,17). The molecule has 0 fully saturated rings. The Morgan fingerprint density at radius 2 is 1.32 bits per heavy atom. The van der Waals surface area contributed by atoms with Crippen molar-refractivity contribution in [2.75, 3.05) is 0 Å². The number of hydrogen-bond donors (Lipinski definition) is 2. The molecule has 0 aliphatic carbocycles. The topological polar surface area (TPSA) is 66.8 Å². The van der Waals surface area contributed by atoms with Crippen LogP contribution in [0.3, 0.4) is 0 Å². The third-order valence-electron chi connectivity index (χ3n) is 1.84. The summed E-state index contributed by atoms with van der Waals surface area (Å²) in [5.74, 6) is -0.490. The molecule has 0 aromatic heterocycles. The summed E-state index contributed by atoms with van der Waals surface area (Å²) >= 11 is 34.1. The van der Waals surface area contributed by atoms with E-state index in [0.29, 0.717) is 0 Å². The summed E-state index contributed by atoms with van der Waals surface area (Å²) in [5.41, 5.74) is -0.325. The van der Waals surface area contributed by atoms with Gasteiger partial charge in [0.2, 0.25) is 7.59 Å². The molecule has 0 spiro atoms. The first-order valence-corrected chi connectivity index (χ1v) is 8.15. The molecule has 4 nitrogen and oxygen atoms in total. The maximum atomic E-state index is 11.0. The zero-order valence-corrected chi connectivity index (χ0v) is 14.1. The molecule has 0 heterocycles. The van der Waals surface area contributed by atoms with Gasteiger partial charge in [-0.25, -0.2) is 4.57 Å². The second kappa shape index (κ2) is 5.96. The normalized spacial score (nSPS) is 13.5. The van der Waals surface area contributed by atoms with Crippen molar-refractivity contribution >= 4 is 77.4 Å². The maximum Gasteiger partial charge on any atom is 0.524 e. The van der Waals surface area contributed by atoms with Gasteiger partial charge in [0.05, 0.1) is 0 Å². The number of para-hydroxylation sites is 1. The van der Waals surface area contributed by atoms with Gasteiger partial charge in [-0.1, -0.05) is 87.8 Å². The van der Waals surface area contributed by atoms with Gasteiger partial charge in [-0.2, -0.15) is 0 Å². The van der Waals surface area contributed by atoms with Crippen molar-refractivity contribution < 1.29 is 18.9 Å². The van der Waals surface area contributed by atoms with Gasteiger partial charge in [0.15, 0.2) is 0 Å². The molecule has 0 atom stereocenters. The molecule has 0 amide bonds. The van der Waals surface area contributed by atoms with Gasteiger partial charge in [0.25, 0.3) is 0 Å². The highest BCUT2D eigenvalue weighted by atomic mass is 35.6. The van der Waals surface area contributed by atoms with Gasteiger partial charge < -0.3 is 4.52 Å². The molecule has 0 bridgehead atoms. The fraction of sp³-hybridized carbons (Fsp3) is 0.250. The summed E-state index contributed by atoms with van der Waals surface area (Å²) in [7, 11) is -4.93. The van der Waals surface area contributed by atoms with Gasteiger partial charge in [0, 0.05) is 11.1 Å². The Labute approximate surface area is 138 Å². The molecule has 0 aliphatic heterocycles. The molecule has 1 aromatic rings. The fourth-order valence-corrected chi connectivity index (χ4v) is 2.53. The first kappa shape index (κ1) is 18.0. The number of halogens is 6. The molecular formula is C8H5Cl6O4P. The van der Waals surface area contributed by atoms with Gasteiger partial charge in [0.1, 0.15) is 5.75 Å². The van der Waals surface area contributed by atoms with Crippen LogP contribution in [0.2, 0.25) is 0 Å². The van der Waals surface area contributed by atoms with E-state index >= 15 is 0 Å². The van der Waals surface area contributed by atoms with Crippen LogP contribution in [-0.4, -0.2) is 9.79 Å². The van der Waals surface area contributed by atoms with Crippen molar-refractivity contribution in [2.45, 2.75) is 7.59 Å². The number of alkyl halides is 6. The summed E-state index contributed by atoms with van der Waals surface area (Å²) in [5, 5.41) is 0. The monoisotopic (exact) mass is 406 g/mol. The highest BCUT2D eigenvalue weighted by Gasteiger charge is 2.37. The van der Waals surface area contributed by atoms with Crippen LogP contribution in [0.25, 0.3) is 0 Å². The first-order valence-electron chi connectivity index (χ1n) is 4.35. The van der Waals surface area contributed by atoms with Crippen LogP contribution in [0.5, 0.6) is 5.75 Å². The van der Waals surface area contributed by atoms with Gasteiger partial charge in [-0.3, -0.25) is 9.79 Å². The van der Waals surface area contributed by atoms with Crippen LogP contribution in [0, 0.1) is 0 Å². The van der Waals surface area contributed by atoms with Crippen LogP contribution in [0.15, 0.2) is 18.2 Å². The molecule has 0 unspecified atom stereocenters. The van der Waals surface area contributed by atoms with Crippen LogP contribution in [0.1, 0.15) is 11.1 Å². The molecule has 19 heavy (non-hydrogen) atoms. The fourth-order valence-electron chi connectivity index (χ4n) is 1.20. The van der Waals surface area contributed by atoms with Gasteiger partial charge >= 0.3 is 7.82 Å². The van der Waals surface area contributed by atoms with E-state index in [2.05, 4.69) is 4.52 Å². The maximum absolute atomic E-state index is 11.0. The summed E-state index contributed by atoms with van der Waals surface area (Å²) in [6.07, 6.45) is 0. The van der Waals surface area contributed by atoms with E-state index in [1.165, 1.54) is 18.2 Å². The van der Waals surface area contributed by atoms with E-state index < -0.39 is 21.2 Å². The van der Waals surface area contributed by atoms with E-state index in [4.69, 9.17) is 79.4 Å². The molecule has 11 heteroatoms. The lowest BCUT2D eigenvalue weighted by Gasteiger charge is -2.22. The molecule has 0 aliphatic rings. The molecule has 0 radical (unpaired) electrons. The van der Waals surface area contributed by atoms with Crippen LogP contribution in [0.4, 0.5) is 0 Å². The lowest BCUT2D eigenvalue weighted by atomic mass is 10.1. The van der Waals surface area contributed by atoms with Crippen molar-refractivity contribution in [3.05, 3.63) is 29.3 Å². The molecule has 108 valence electrons. The third kappa shape index (κ3) is 5.31. The van der Waals surface area contributed by atoms with Crippen molar-refractivity contribution in [1.29, 1.82) is 0 Å². The van der Waals surface area contributed by atoms with Gasteiger partial charge in [-0.15, -0.1) is 0 Å². The van der Waals surface area contributed by atoms with E-state index in [9.17, 15) is 4.57 Å². The Balaban J connectivity index is 3.55. The summed E-state index contributed by atoms with van der Waals surface area (Å²) in [6.45, 7) is 0. The quantitative estimate of drug-likeness (QED) is 0.544. The number of phosphoric acid groups is 1. The highest BCUT2D eigenvalue weighted by molar-refractivity contribution is 7.46. The Hall–Kier alpha value is 0.910. The van der Waals surface area contributed by atoms with E-state index in [1.54, 1.807) is 0 Å². The molecule has 0 saturated heterocycles. The second-order valence-corrected chi connectivity index (χ2v) is 8.99. The van der Waals surface area contributed by atoms with Crippen molar-refractivity contribution in [3.8, 4) is 5.75 Å².